The van der Waals surface area contributed by atoms with E-state index >= 15 is 0 Å². The van der Waals surface area contributed by atoms with Crippen molar-refractivity contribution in [3.63, 3.8) is 0 Å². The molecule has 0 aromatic heterocycles. The van der Waals surface area contributed by atoms with Gasteiger partial charge in [0, 0.05) is 30.1 Å². The first-order valence-electron chi connectivity index (χ1n) is 15.3. The highest BCUT2D eigenvalue weighted by Crippen LogP contribution is 2.28. The fraction of sp³-hybridized carbons (Fsp3) is 0.278. The molecule has 0 saturated heterocycles. The van der Waals surface area contributed by atoms with Gasteiger partial charge < -0.3 is 15.0 Å². The third kappa shape index (κ3) is 8.27. The van der Waals surface area contributed by atoms with Gasteiger partial charge in [-0.05, 0) is 60.4 Å². The van der Waals surface area contributed by atoms with Gasteiger partial charge in [0.05, 0.1) is 17.7 Å². The van der Waals surface area contributed by atoms with E-state index in [9.17, 15) is 18.0 Å². The van der Waals surface area contributed by atoms with E-state index in [4.69, 9.17) is 16.3 Å². The molecule has 1 aliphatic rings. The number of carbonyl (C=O) groups is 2. The number of nitrogens with one attached hydrogen (secondary N) is 1. The van der Waals surface area contributed by atoms with Crippen LogP contribution >= 0.6 is 11.6 Å². The molecule has 1 N–H and O–H groups in total. The zero-order valence-electron chi connectivity index (χ0n) is 25.7. The number of methoxy groups -OCH3 is 1. The smallest absolute Gasteiger partial charge is 0.264 e. The summed E-state index contributed by atoms with van der Waals surface area (Å²) >= 11 is 6.33. The van der Waals surface area contributed by atoms with Crippen LogP contribution in [0, 0.1) is 0 Å². The van der Waals surface area contributed by atoms with E-state index in [1.807, 2.05) is 36.4 Å². The zero-order chi connectivity index (χ0) is 32.5. The second-order valence-corrected chi connectivity index (χ2v) is 13.7. The lowest BCUT2D eigenvalue weighted by Gasteiger charge is -2.34. The van der Waals surface area contributed by atoms with E-state index in [2.05, 4.69) is 5.32 Å². The third-order valence-electron chi connectivity index (χ3n) is 8.17. The molecule has 0 heterocycles. The maximum Gasteiger partial charge on any atom is 0.264 e. The summed E-state index contributed by atoms with van der Waals surface area (Å²) in [4.78, 5) is 30.2. The molecule has 1 fully saturated rings. The molecular formula is C36H38ClN3O5S. The number of rotatable bonds is 13. The van der Waals surface area contributed by atoms with Gasteiger partial charge in [0.25, 0.3) is 10.0 Å². The summed E-state index contributed by atoms with van der Waals surface area (Å²) in [6.07, 6.45) is 4.07. The molecule has 1 atom stereocenters. The predicted octanol–water partition coefficient (Wildman–Crippen LogP) is 6.24. The lowest BCUT2D eigenvalue weighted by Crippen LogP contribution is -2.54. The topological polar surface area (TPSA) is 96.0 Å². The Bertz CT molecular complexity index is 1730. The van der Waals surface area contributed by atoms with Crippen LogP contribution in [0.15, 0.2) is 114 Å². The van der Waals surface area contributed by atoms with Crippen molar-refractivity contribution in [1.29, 1.82) is 0 Å². The normalized spacial score (nSPS) is 14.0. The van der Waals surface area contributed by atoms with Crippen molar-refractivity contribution in [2.75, 3.05) is 18.0 Å². The van der Waals surface area contributed by atoms with Gasteiger partial charge in [0.15, 0.2) is 0 Å². The summed E-state index contributed by atoms with van der Waals surface area (Å²) in [5.41, 5.74) is 1.85. The molecule has 4 aromatic rings. The number of hydrogen-bond donors (Lipinski definition) is 1. The molecule has 240 valence electrons. The average molecular weight is 660 g/mol. The van der Waals surface area contributed by atoms with Gasteiger partial charge in [-0.2, -0.15) is 0 Å². The number of amides is 2. The molecule has 1 aliphatic carbocycles. The summed E-state index contributed by atoms with van der Waals surface area (Å²) in [7, 11) is -2.71. The fourth-order valence-corrected chi connectivity index (χ4v) is 7.41. The molecule has 8 nitrogen and oxygen atoms in total. The second-order valence-electron chi connectivity index (χ2n) is 11.4. The molecule has 0 radical (unpaired) electrons. The molecule has 2 amide bonds. The molecule has 5 rings (SSSR count). The van der Waals surface area contributed by atoms with Crippen molar-refractivity contribution < 1.29 is 22.7 Å². The molecule has 1 unspecified atom stereocenters. The van der Waals surface area contributed by atoms with Crippen LogP contribution in [-0.4, -0.2) is 50.9 Å². The van der Waals surface area contributed by atoms with Crippen LogP contribution in [0.1, 0.15) is 36.8 Å². The number of carbonyl (C=O) groups excluding carboxylic acids is 2. The Morgan fingerprint density at radius 1 is 0.870 bits per heavy atom. The molecule has 0 aliphatic heterocycles. The van der Waals surface area contributed by atoms with Gasteiger partial charge in [-0.25, -0.2) is 8.42 Å². The fourth-order valence-electron chi connectivity index (χ4n) is 5.77. The molecule has 0 spiro atoms. The Morgan fingerprint density at radius 2 is 1.52 bits per heavy atom. The van der Waals surface area contributed by atoms with E-state index in [1.54, 1.807) is 60.7 Å². The molecule has 46 heavy (non-hydrogen) atoms. The Hall–Kier alpha value is -4.34. The minimum atomic E-state index is -4.20. The van der Waals surface area contributed by atoms with Crippen molar-refractivity contribution in [1.82, 2.24) is 10.2 Å². The first-order chi connectivity index (χ1) is 22.2. The van der Waals surface area contributed by atoms with Gasteiger partial charge in [-0.1, -0.05) is 91.2 Å². The van der Waals surface area contributed by atoms with E-state index in [1.165, 1.54) is 24.1 Å². The first-order valence-corrected chi connectivity index (χ1v) is 17.2. The van der Waals surface area contributed by atoms with Crippen LogP contribution in [0.25, 0.3) is 0 Å². The number of hydrogen-bond acceptors (Lipinski definition) is 5. The lowest BCUT2D eigenvalue weighted by molar-refractivity contribution is -0.140. The summed E-state index contributed by atoms with van der Waals surface area (Å²) in [6.45, 7) is -0.501. The third-order valence-corrected chi connectivity index (χ3v) is 10.2. The highest BCUT2D eigenvalue weighted by molar-refractivity contribution is 7.92. The van der Waals surface area contributed by atoms with E-state index < -0.39 is 28.5 Å². The quantitative estimate of drug-likeness (QED) is 0.183. The van der Waals surface area contributed by atoms with Gasteiger partial charge in [-0.15, -0.1) is 0 Å². The van der Waals surface area contributed by atoms with Crippen LogP contribution < -0.4 is 14.4 Å². The van der Waals surface area contributed by atoms with Crippen molar-refractivity contribution in [2.45, 2.75) is 55.6 Å². The largest absolute Gasteiger partial charge is 0.497 e. The Morgan fingerprint density at radius 3 is 2.20 bits per heavy atom. The van der Waals surface area contributed by atoms with Crippen LogP contribution in [0.4, 0.5) is 5.69 Å². The maximum atomic E-state index is 14.6. The first kappa shape index (κ1) is 33.0. The molecule has 1 saturated carbocycles. The Balaban J connectivity index is 1.57. The summed E-state index contributed by atoms with van der Waals surface area (Å²) < 4.78 is 34.7. The van der Waals surface area contributed by atoms with Gasteiger partial charge in [-0.3, -0.25) is 13.9 Å². The Kier molecular flexibility index (Phi) is 11.0. The van der Waals surface area contributed by atoms with E-state index in [0.29, 0.717) is 16.3 Å². The van der Waals surface area contributed by atoms with Crippen molar-refractivity contribution in [3.8, 4) is 5.75 Å². The van der Waals surface area contributed by atoms with Gasteiger partial charge in [0.1, 0.15) is 18.3 Å². The van der Waals surface area contributed by atoms with Crippen LogP contribution in [0.5, 0.6) is 5.75 Å². The summed E-state index contributed by atoms with van der Waals surface area (Å²) in [6, 6.07) is 30.3. The van der Waals surface area contributed by atoms with Crippen LogP contribution in [0.2, 0.25) is 5.02 Å². The maximum absolute atomic E-state index is 14.6. The number of halogens is 1. The average Bonchev–Trinajstić information content (AvgIpc) is 3.59. The lowest BCUT2D eigenvalue weighted by atomic mass is 10.0. The SMILES string of the molecule is COc1cccc(N(CC(=O)N(Cc2cccc(Cl)c2)C(Cc2ccccc2)C(=O)NC2CCCC2)S(=O)(=O)c2ccccc2)c1. The minimum absolute atomic E-state index is 0.0284. The van der Waals surface area contributed by atoms with Crippen LogP contribution in [-0.2, 0) is 32.6 Å². The zero-order valence-corrected chi connectivity index (χ0v) is 27.3. The van der Waals surface area contributed by atoms with Crippen molar-refractivity contribution >= 4 is 39.1 Å². The van der Waals surface area contributed by atoms with Crippen molar-refractivity contribution in [3.05, 3.63) is 125 Å². The number of anilines is 1. The van der Waals surface area contributed by atoms with Gasteiger partial charge >= 0.3 is 0 Å². The van der Waals surface area contributed by atoms with Crippen LogP contribution in [0.3, 0.4) is 0 Å². The number of benzene rings is 4. The molecule has 4 aromatic carbocycles. The predicted molar refractivity (Wildman–Crippen MR) is 180 cm³/mol. The number of ether oxygens (including phenoxy) is 1. The Labute approximate surface area is 276 Å². The van der Waals surface area contributed by atoms with E-state index in [0.717, 1.165) is 35.6 Å². The van der Waals surface area contributed by atoms with Crippen molar-refractivity contribution in [2.24, 2.45) is 0 Å². The number of sulfonamides is 1. The standard InChI is InChI=1S/C36H38ClN3O5S/c1-45-32-19-11-18-31(24-32)40(46(43,44)33-20-6-3-7-21-33)26-35(41)39(25-28-14-10-15-29(37)22-28)34(23-27-12-4-2-5-13-27)36(42)38-30-16-8-9-17-30/h2-7,10-15,18-22,24,30,34H,8-9,16-17,23,25-26H2,1H3,(H,38,42). The highest BCUT2D eigenvalue weighted by atomic mass is 35.5. The van der Waals surface area contributed by atoms with Gasteiger partial charge in [0.2, 0.25) is 11.8 Å². The summed E-state index contributed by atoms with van der Waals surface area (Å²) in [5.74, 6) is -0.373. The minimum Gasteiger partial charge on any atom is -0.497 e. The molecule has 10 heteroatoms. The monoisotopic (exact) mass is 659 g/mol. The molecular weight excluding hydrogens is 622 g/mol. The highest BCUT2D eigenvalue weighted by Gasteiger charge is 2.35. The van der Waals surface area contributed by atoms with E-state index in [-0.39, 0.29) is 35.5 Å². The second kappa shape index (κ2) is 15.3. The number of nitrogens with zero attached hydrogens (tertiary/aromatic N) is 2. The molecule has 0 bridgehead atoms. The summed E-state index contributed by atoms with van der Waals surface area (Å²) in [5, 5.41) is 3.67.